The summed E-state index contributed by atoms with van der Waals surface area (Å²) in [4.78, 5) is 0. The van der Waals surface area contributed by atoms with E-state index in [9.17, 15) is 0 Å². The molecule has 0 aliphatic heterocycles. The van der Waals surface area contributed by atoms with E-state index < -0.39 is 0 Å². The fourth-order valence-electron chi connectivity index (χ4n) is 3.39. The van der Waals surface area contributed by atoms with Crippen molar-refractivity contribution in [1.29, 1.82) is 0 Å². The van der Waals surface area contributed by atoms with Gasteiger partial charge in [-0.05, 0) is 11.8 Å². The number of allylic oxidation sites excluding steroid dienone is 8. The third-order valence-electron chi connectivity index (χ3n) is 4.47. The van der Waals surface area contributed by atoms with Crippen LogP contribution in [0.25, 0.3) is 0 Å². The van der Waals surface area contributed by atoms with Crippen LogP contribution in [-0.2, 0) is 23.3 Å². The fourth-order valence-corrected chi connectivity index (χ4v) is 3.39. The third kappa shape index (κ3) is 8.04. The third-order valence-corrected chi connectivity index (χ3v) is 4.47. The van der Waals surface area contributed by atoms with E-state index in [-0.39, 0.29) is 24.8 Å². The van der Waals surface area contributed by atoms with E-state index in [1.54, 1.807) is 23.3 Å². The molecule has 4 aliphatic carbocycles. The molecule has 0 aromatic heterocycles. The molecule has 0 saturated heterocycles. The first kappa shape index (κ1) is 23.6. The zero-order chi connectivity index (χ0) is 14.9. The van der Waals surface area contributed by atoms with Gasteiger partial charge in [-0.1, -0.05) is 49.3 Å². The van der Waals surface area contributed by atoms with Crippen LogP contribution in [0.15, 0.2) is 48.6 Å². The van der Waals surface area contributed by atoms with Crippen LogP contribution in [0, 0.1) is 36.5 Å². The van der Waals surface area contributed by atoms with Gasteiger partial charge < -0.3 is 37.7 Å². The van der Waals surface area contributed by atoms with Gasteiger partial charge in [0.2, 0.25) is 0 Å². The van der Waals surface area contributed by atoms with Crippen LogP contribution in [0.1, 0.15) is 25.7 Å². The maximum absolute atomic E-state index is 2.42. The molecule has 4 rings (SSSR count). The van der Waals surface area contributed by atoms with Gasteiger partial charge >= 0.3 is 36.0 Å². The van der Waals surface area contributed by atoms with Crippen LogP contribution < -0.4 is 24.8 Å². The predicted molar refractivity (Wildman–Crippen MR) is 90.6 cm³/mol. The van der Waals surface area contributed by atoms with Crippen LogP contribution >= 0.6 is 0 Å². The topological polar surface area (TPSA) is 0 Å². The molecule has 0 heterocycles. The summed E-state index contributed by atoms with van der Waals surface area (Å²) in [6.45, 7) is 2.25. The summed E-state index contributed by atoms with van der Waals surface area (Å²) in [5.74, 6) is 3.23. The molecule has 126 valence electrons. The van der Waals surface area contributed by atoms with Crippen LogP contribution in [0.3, 0.4) is 0 Å². The Hall–Kier alpha value is 0.640. The Kier molecular flexibility index (Phi) is 14.3. The molecule has 4 aliphatic rings. The maximum atomic E-state index is 2.42. The van der Waals surface area contributed by atoms with E-state index in [0.717, 1.165) is 29.8 Å². The zero-order valence-corrected chi connectivity index (χ0v) is 18.9. The van der Waals surface area contributed by atoms with Crippen molar-refractivity contribution in [2.75, 3.05) is 0 Å². The van der Waals surface area contributed by atoms with E-state index in [1.165, 1.54) is 25.7 Å². The van der Waals surface area contributed by atoms with Crippen molar-refractivity contribution in [1.82, 2.24) is 0 Å². The molecule has 0 N–H and O–H groups in total. The van der Waals surface area contributed by atoms with Gasteiger partial charge in [0.15, 0.2) is 0 Å². The smallest absolute Gasteiger partial charge is 1.00 e. The largest absolute Gasteiger partial charge is 1.00 e. The van der Waals surface area contributed by atoms with Gasteiger partial charge in [0.1, 0.15) is 0 Å². The van der Waals surface area contributed by atoms with Gasteiger partial charge in [-0.25, -0.2) is 0 Å². The number of hydrogen-bond donors (Lipinski definition) is 0. The van der Waals surface area contributed by atoms with Crippen molar-refractivity contribution in [3.8, 4) is 0 Å². The summed E-state index contributed by atoms with van der Waals surface area (Å²) in [5, 5.41) is 0. The quantitative estimate of drug-likeness (QED) is 0.320. The predicted octanol–water partition coefficient (Wildman–Crippen LogP) is -1.37. The normalized spacial score (nSPS) is 31.3. The van der Waals surface area contributed by atoms with Crippen molar-refractivity contribution in [2.24, 2.45) is 23.7 Å². The summed E-state index contributed by atoms with van der Waals surface area (Å²) in [7, 11) is 0. The Morgan fingerprint density at radius 3 is 1.48 bits per heavy atom. The number of fused-ring (bicyclic) bond motifs is 2. The van der Waals surface area contributed by atoms with Crippen LogP contribution in [0.2, 0.25) is 6.55 Å². The average molecular weight is 445 g/mol. The Bertz CT molecular complexity index is 369. The number of rotatable bonds is 0. The van der Waals surface area contributed by atoms with Crippen molar-refractivity contribution in [3.63, 3.8) is 0 Å². The molecular weight excluding hydrogens is 418 g/mol. The monoisotopic (exact) mass is 442 g/mol. The second kappa shape index (κ2) is 13.9. The Labute approximate surface area is 170 Å². The molecule has 0 radical (unpaired) electrons. The van der Waals surface area contributed by atoms with Crippen LogP contribution in [0.4, 0.5) is 0 Å². The SMILES string of the molecule is C1=CC2[CH-]CCC2C=C1.C1=CC2[CH-]CCC2C=C1.C[SiH]=[Zr+2].[Cl-].[Cl-]. The van der Waals surface area contributed by atoms with E-state index in [0.29, 0.717) is 0 Å². The molecule has 4 unspecified atom stereocenters. The van der Waals surface area contributed by atoms with Gasteiger partial charge in [-0.3, -0.25) is 0 Å². The molecule has 0 aromatic rings. The van der Waals surface area contributed by atoms with Gasteiger partial charge in [0.25, 0.3) is 0 Å². The first-order valence-corrected chi connectivity index (χ1v) is 14.2. The molecule has 2 saturated carbocycles. The fraction of sp³-hybridized carbons (Fsp3) is 0.474. The Morgan fingerprint density at radius 1 is 0.783 bits per heavy atom. The van der Waals surface area contributed by atoms with Crippen molar-refractivity contribution >= 4 is 6.16 Å². The molecular formula is C19H26Cl2SiZr-2. The van der Waals surface area contributed by atoms with Crippen molar-refractivity contribution in [3.05, 3.63) is 61.4 Å². The summed E-state index contributed by atoms with van der Waals surface area (Å²) in [5.41, 5.74) is 0. The molecule has 0 spiro atoms. The van der Waals surface area contributed by atoms with Crippen LogP contribution in [0.5, 0.6) is 0 Å². The molecule has 4 atom stereocenters. The molecule has 0 amide bonds. The zero-order valence-electron chi connectivity index (χ0n) is 13.7. The molecule has 4 heteroatoms. The number of hydrogen-bond acceptors (Lipinski definition) is 0. The Balaban J connectivity index is 0.000000336. The van der Waals surface area contributed by atoms with Gasteiger partial charge in [0, 0.05) is 0 Å². The molecule has 23 heavy (non-hydrogen) atoms. The van der Waals surface area contributed by atoms with E-state index in [2.05, 4.69) is 68.0 Å². The van der Waals surface area contributed by atoms with Crippen LogP contribution in [-0.4, -0.2) is 6.16 Å². The minimum Gasteiger partial charge on any atom is -1.00 e. The van der Waals surface area contributed by atoms with Crippen molar-refractivity contribution in [2.45, 2.75) is 32.2 Å². The first-order valence-electron chi connectivity index (χ1n) is 8.17. The Morgan fingerprint density at radius 2 is 1.13 bits per heavy atom. The summed E-state index contributed by atoms with van der Waals surface area (Å²) in [6, 6.07) is 0. The summed E-state index contributed by atoms with van der Waals surface area (Å²) < 4.78 is 0. The van der Waals surface area contributed by atoms with Gasteiger partial charge in [-0.15, -0.1) is 24.0 Å². The minimum atomic E-state index is 0. The molecule has 0 bridgehead atoms. The van der Waals surface area contributed by atoms with Crippen molar-refractivity contribution < 1.29 is 48.1 Å². The second-order valence-corrected chi connectivity index (χ2v) is 10.8. The molecule has 2 fully saturated rings. The molecule has 0 aromatic carbocycles. The van der Waals surface area contributed by atoms with Gasteiger partial charge in [-0.2, -0.15) is 12.8 Å². The first-order chi connectivity index (χ1) is 10.3. The summed E-state index contributed by atoms with van der Waals surface area (Å²) >= 11 is 1.72. The van der Waals surface area contributed by atoms with E-state index in [1.807, 2.05) is 0 Å². The molecule has 0 nitrogen and oxygen atoms in total. The van der Waals surface area contributed by atoms with Gasteiger partial charge in [0.05, 0.1) is 0 Å². The number of halogens is 2. The maximum Gasteiger partial charge on any atom is -1.00 e. The average Bonchev–Trinajstić information content (AvgIpc) is 3.17. The van der Waals surface area contributed by atoms with E-state index in [4.69, 9.17) is 0 Å². The second-order valence-electron chi connectivity index (χ2n) is 5.94. The summed E-state index contributed by atoms with van der Waals surface area (Å²) in [6.07, 6.45) is 28.9. The standard InChI is InChI=1S/2C9H11.CH4Si.2ClH.Zr/c2*1-2-5-9-7-3-6-8(9)4-1;1-2;;;/h2*1-2,4-6,8-9H,3,7H2;2H,1H3;2*1H;/q2*-1;;;;+2/p-2. The van der Waals surface area contributed by atoms with E-state index >= 15 is 0 Å². The minimum absolute atomic E-state index is 0.